The summed E-state index contributed by atoms with van der Waals surface area (Å²) in [6, 6.07) is 9.87. The molecule has 16 heavy (non-hydrogen) atoms. The summed E-state index contributed by atoms with van der Waals surface area (Å²) in [5, 5.41) is 9.00. The molecule has 0 N–H and O–H groups in total. The molecule has 0 saturated carbocycles. The van der Waals surface area contributed by atoms with Gasteiger partial charge in [0, 0.05) is 5.69 Å². The fourth-order valence-electron chi connectivity index (χ4n) is 1.65. The van der Waals surface area contributed by atoms with Crippen LogP contribution in [0.2, 0.25) is 0 Å². The molecule has 2 aromatic rings. The number of rotatable bonds is 2. The molecule has 0 radical (unpaired) electrons. The minimum Gasteiger partial charge on any atom is -0.330 e. The molecule has 0 unspecified atom stereocenters. The molecular weight excluding hydrogens is 198 g/mol. The van der Waals surface area contributed by atoms with Gasteiger partial charge < -0.3 is 4.57 Å². The summed E-state index contributed by atoms with van der Waals surface area (Å²) in [4.78, 5) is 4.25. The molecule has 0 saturated heterocycles. The standard InChI is InChI=1S/C13H13N3/c1-10-11(2)16(9-15-10)8-13-6-4-3-5-12(13)7-14/h3-6,9H,8H2,1-2H3. The lowest BCUT2D eigenvalue weighted by molar-refractivity contribution is 0.767. The number of imidazole rings is 1. The molecule has 0 atom stereocenters. The van der Waals surface area contributed by atoms with Gasteiger partial charge in [-0.15, -0.1) is 0 Å². The van der Waals surface area contributed by atoms with Gasteiger partial charge in [-0.2, -0.15) is 5.26 Å². The Morgan fingerprint density at radius 3 is 2.69 bits per heavy atom. The zero-order valence-electron chi connectivity index (χ0n) is 9.44. The van der Waals surface area contributed by atoms with Crippen LogP contribution in [0.1, 0.15) is 22.5 Å². The highest BCUT2D eigenvalue weighted by Gasteiger charge is 2.05. The third-order valence-corrected chi connectivity index (χ3v) is 2.82. The van der Waals surface area contributed by atoms with Gasteiger partial charge in [0.15, 0.2) is 0 Å². The van der Waals surface area contributed by atoms with Gasteiger partial charge in [-0.25, -0.2) is 4.98 Å². The normalized spacial score (nSPS) is 10.1. The van der Waals surface area contributed by atoms with E-state index in [1.807, 2.05) is 44.4 Å². The fourth-order valence-corrected chi connectivity index (χ4v) is 1.65. The van der Waals surface area contributed by atoms with E-state index in [1.54, 1.807) is 0 Å². The van der Waals surface area contributed by atoms with Crippen LogP contribution in [0.5, 0.6) is 0 Å². The van der Waals surface area contributed by atoms with Crippen molar-refractivity contribution in [2.75, 3.05) is 0 Å². The number of hydrogen-bond donors (Lipinski definition) is 0. The van der Waals surface area contributed by atoms with Crippen LogP contribution in [0.4, 0.5) is 0 Å². The molecule has 0 aliphatic rings. The van der Waals surface area contributed by atoms with Crippen molar-refractivity contribution in [1.82, 2.24) is 9.55 Å². The molecule has 1 aromatic carbocycles. The molecule has 0 bridgehead atoms. The zero-order chi connectivity index (χ0) is 11.5. The molecule has 3 nitrogen and oxygen atoms in total. The van der Waals surface area contributed by atoms with Gasteiger partial charge in [0.25, 0.3) is 0 Å². The number of nitriles is 1. The number of aryl methyl sites for hydroxylation is 1. The minimum atomic E-state index is 0.705. The van der Waals surface area contributed by atoms with Gasteiger partial charge >= 0.3 is 0 Å². The van der Waals surface area contributed by atoms with Crippen molar-refractivity contribution in [3.8, 4) is 6.07 Å². The van der Waals surface area contributed by atoms with Gasteiger partial charge in [-0.05, 0) is 25.5 Å². The predicted octanol–water partition coefficient (Wildman–Crippen LogP) is 2.42. The molecule has 0 amide bonds. The first-order valence-corrected chi connectivity index (χ1v) is 5.18. The summed E-state index contributed by atoms with van der Waals surface area (Å²) in [5.74, 6) is 0. The lowest BCUT2D eigenvalue weighted by Crippen LogP contribution is -2.02. The van der Waals surface area contributed by atoms with E-state index in [2.05, 4.69) is 15.6 Å². The monoisotopic (exact) mass is 211 g/mol. The third kappa shape index (κ3) is 1.82. The summed E-state index contributed by atoms with van der Waals surface area (Å²) in [7, 11) is 0. The van der Waals surface area contributed by atoms with Gasteiger partial charge in [0.2, 0.25) is 0 Å². The van der Waals surface area contributed by atoms with Crippen LogP contribution in [0.3, 0.4) is 0 Å². The highest BCUT2D eigenvalue weighted by Crippen LogP contribution is 2.12. The summed E-state index contributed by atoms with van der Waals surface area (Å²) < 4.78 is 2.06. The maximum atomic E-state index is 9.00. The Bertz CT molecular complexity index is 547. The first-order valence-electron chi connectivity index (χ1n) is 5.18. The van der Waals surface area contributed by atoms with E-state index in [0.29, 0.717) is 6.54 Å². The Kier molecular flexibility index (Phi) is 2.74. The summed E-state index contributed by atoms with van der Waals surface area (Å²) in [5.41, 5.74) is 3.95. The average molecular weight is 211 g/mol. The molecule has 0 aliphatic heterocycles. The zero-order valence-corrected chi connectivity index (χ0v) is 9.44. The van der Waals surface area contributed by atoms with E-state index in [1.165, 1.54) is 0 Å². The molecule has 3 heteroatoms. The van der Waals surface area contributed by atoms with Crippen LogP contribution >= 0.6 is 0 Å². The second-order valence-electron chi connectivity index (χ2n) is 3.81. The third-order valence-electron chi connectivity index (χ3n) is 2.82. The summed E-state index contributed by atoms with van der Waals surface area (Å²) in [6.45, 7) is 4.73. The van der Waals surface area contributed by atoms with E-state index in [9.17, 15) is 0 Å². The van der Waals surface area contributed by atoms with Gasteiger partial charge in [-0.3, -0.25) is 0 Å². The van der Waals surface area contributed by atoms with Crippen molar-refractivity contribution >= 4 is 0 Å². The predicted molar refractivity (Wildman–Crippen MR) is 62.0 cm³/mol. The molecule has 2 rings (SSSR count). The maximum absolute atomic E-state index is 9.00. The van der Waals surface area contributed by atoms with Crippen molar-refractivity contribution in [3.05, 3.63) is 53.1 Å². The first kappa shape index (κ1) is 10.4. The Labute approximate surface area is 95.0 Å². The van der Waals surface area contributed by atoms with Crippen LogP contribution < -0.4 is 0 Å². The van der Waals surface area contributed by atoms with E-state index < -0.39 is 0 Å². The van der Waals surface area contributed by atoms with E-state index in [0.717, 1.165) is 22.5 Å². The van der Waals surface area contributed by atoms with E-state index in [4.69, 9.17) is 5.26 Å². The Morgan fingerprint density at radius 2 is 2.06 bits per heavy atom. The van der Waals surface area contributed by atoms with Crippen LogP contribution in [0, 0.1) is 25.2 Å². The summed E-state index contributed by atoms with van der Waals surface area (Å²) >= 11 is 0. The van der Waals surface area contributed by atoms with Crippen LogP contribution in [-0.2, 0) is 6.54 Å². The topological polar surface area (TPSA) is 41.6 Å². The number of nitrogens with zero attached hydrogens (tertiary/aromatic N) is 3. The first-order chi connectivity index (χ1) is 7.72. The molecule has 1 aromatic heterocycles. The lowest BCUT2D eigenvalue weighted by Gasteiger charge is -2.07. The van der Waals surface area contributed by atoms with Crippen molar-refractivity contribution in [3.63, 3.8) is 0 Å². The fraction of sp³-hybridized carbons (Fsp3) is 0.231. The van der Waals surface area contributed by atoms with E-state index >= 15 is 0 Å². The van der Waals surface area contributed by atoms with E-state index in [-0.39, 0.29) is 0 Å². The molecular formula is C13H13N3. The van der Waals surface area contributed by atoms with Crippen molar-refractivity contribution in [2.24, 2.45) is 0 Å². The molecule has 0 aliphatic carbocycles. The van der Waals surface area contributed by atoms with Gasteiger partial charge in [0.1, 0.15) is 0 Å². The Morgan fingerprint density at radius 1 is 1.31 bits per heavy atom. The van der Waals surface area contributed by atoms with Crippen molar-refractivity contribution in [1.29, 1.82) is 5.26 Å². The van der Waals surface area contributed by atoms with Crippen molar-refractivity contribution in [2.45, 2.75) is 20.4 Å². The minimum absolute atomic E-state index is 0.705. The lowest BCUT2D eigenvalue weighted by atomic mass is 10.1. The second-order valence-corrected chi connectivity index (χ2v) is 3.81. The summed E-state index contributed by atoms with van der Waals surface area (Å²) in [6.07, 6.45) is 1.82. The Balaban J connectivity index is 2.35. The maximum Gasteiger partial charge on any atom is 0.0995 e. The van der Waals surface area contributed by atoms with Gasteiger partial charge in [0.05, 0.1) is 30.2 Å². The van der Waals surface area contributed by atoms with Gasteiger partial charge in [-0.1, -0.05) is 18.2 Å². The van der Waals surface area contributed by atoms with Crippen LogP contribution in [0.25, 0.3) is 0 Å². The number of hydrogen-bond acceptors (Lipinski definition) is 2. The quantitative estimate of drug-likeness (QED) is 0.765. The largest absolute Gasteiger partial charge is 0.330 e. The van der Waals surface area contributed by atoms with Crippen LogP contribution in [0.15, 0.2) is 30.6 Å². The highest BCUT2D eigenvalue weighted by atomic mass is 15.0. The Hall–Kier alpha value is -2.08. The van der Waals surface area contributed by atoms with Crippen LogP contribution in [-0.4, -0.2) is 9.55 Å². The second kappa shape index (κ2) is 4.19. The molecule has 1 heterocycles. The van der Waals surface area contributed by atoms with Crippen molar-refractivity contribution < 1.29 is 0 Å². The smallest absolute Gasteiger partial charge is 0.0995 e. The average Bonchev–Trinajstić information content (AvgIpc) is 2.62. The molecule has 0 fully saturated rings. The molecule has 0 spiro atoms. The molecule has 80 valence electrons. The highest BCUT2D eigenvalue weighted by molar-refractivity contribution is 5.37. The number of aromatic nitrogens is 2. The number of benzene rings is 1. The SMILES string of the molecule is Cc1ncn(Cc2ccccc2C#N)c1C.